The summed E-state index contributed by atoms with van der Waals surface area (Å²) in [6.45, 7) is 1.88. The second-order valence-corrected chi connectivity index (χ2v) is 6.97. The predicted molar refractivity (Wildman–Crippen MR) is 99.4 cm³/mol. The molecule has 2 aromatic rings. The molecule has 26 heavy (non-hydrogen) atoms. The molecule has 2 amide bonds. The van der Waals surface area contributed by atoms with Gasteiger partial charge in [-0.25, -0.2) is 0 Å². The first-order valence-electron chi connectivity index (χ1n) is 8.64. The van der Waals surface area contributed by atoms with Crippen molar-refractivity contribution in [2.45, 2.75) is 19.4 Å². The number of likely N-dealkylation sites (tertiary alicyclic amines) is 1. The summed E-state index contributed by atoms with van der Waals surface area (Å²) in [7, 11) is 0. The minimum absolute atomic E-state index is 0.0279. The van der Waals surface area contributed by atoms with Crippen LogP contribution in [0.25, 0.3) is 11.3 Å². The first-order valence-corrected chi connectivity index (χ1v) is 9.02. The van der Waals surface area contributed by atoms with Crippen LogP contribution in [-0.2, 0) is 16.1 Å². The molecule has 3 rings (SSSR count). The number of rotatable bonds is 6. The number of piperidine rings is 1. The third kappa shape index (κ3) is 4.86. The molecule has 0 bridgehead atoms. The van der Waals surface area contributed by atoms with Gasteiger partial charge in [0.1, 0.15) is 11.5 Å². The lowest BCUT2D eigenvalue weighted by atomic mass is 9.97. The van der Waals surface area contributed by atoms with Crippen LogP contribution in [0.1, 0.15) is 18.6 Å². The van der Waals surface area contributed by atoms with Crippen LogP contribution in [0.5, 0.6) is 0 Å². The molecule has 1 unspecified atom stereocenters. The Kier molecular flexibility index (Phi) is 5.96. The zero-order valence-electron chi connectivity index (χ0n) is 14.4. The maximum atomic E-state index is 12.4. The first-order chi connectivity index (χ1) is 12.5. The van der Waals surface area contributed by atoms with Crippen molar-refractivity contribution in [3.63, 3.8) is 0 Å². The zero-order chi connectivity index (χ0) is 18.5. The fourth-order valence-electron chi connectivity index (χ4n) is 3.22. The molecule has 1 fully saturated rings. The topological polar surface area (TPSA) is 88.6 Å². The minimum atomic E-state index is -0.366. The van der Waals surface area contributed by atoms with Crippen molar-refractivity contribution in [3.8, 4) is 11.3 Å². The zero-order valence-corrected chi connectivity index (χ0v) is 15.2. The number of hydrogen-bond donors (Lipinski definition) is 2. The highest BCUT2D eigenvalue weighted by Gasteiger charge is 2.26. The van der Waals surface area contributed by atoms with Gasteiger partial charge in [0.15, 0.2) is 0 Å². The molecule has 0 spiro atoms. The van der Waals surface area contributed by atoms with E-state index in [-0.39, 0.29) is 24.3 Å². The van der Waals surface area contributed by atoms with Crippen LogP contribution >= 0.6 is 11.6 Å². The molecule has 0 radical (unpaired) electrons. The van der Waals surface area contributed by atoms with E-state index in [4.69, 9.17) is 21.8 Å². The molecule has 1 aliphatic heterocycles. The number of carbonyl (C=O) groups excluding carboxylic acids is 2. The van der Waals surface area contributed by atoms with Crippen molar-refractivity contribution in [1.82, 2.24) is 10.2 Å². The highest BCUT2D eigenvalue weighted by atomic mass is 35.5. The standard InChI is InChI=1S/C19H22ClN3O3/c20-15-5-1-3-13(9-15)17-7-6-16(26-17)10-22-19(25)14-4-2-8-23(11-14)12-18(21)24/h1,3,5-7,9,14H,2,4,8,10-12H2,(H2,21,24)(H,22,25). The molecule has 7 heteroatoms. The average molecular weight is 376 g/mol. The van der Waals surface area contributed by atoms with E-state index < -0.39 is 0 Å². The fourth-order valence-corrected chi connectivity index (χ4v) is 3.41. The normalized spacial score (nSPS) is 17.8. The van der Waals surface area contributed by atoms with Crippen LogP contribution in [-0.4, -0.2) is 36.3 Å². The van der Waals surface area contributed by atoms with E-state index in [9.17, 15) is 9.59 Å². The predicted octanol–water partition coefficient (Wildman–Crippen LogP) is 2.41. The molecule has 6 nitrogen and oxygen atoms in total. The molecule has 0 saturated carbocycles. The molecular formula is C19H22ClN3O3. The Morgan fingerprint density at radius 1 is 1.31 bits per heavy atom. The van der Waals surface area contributed by atoms with Gasteiger partial charge in [0.05, 0.1) is 19.0 Å². The van der Waals surface area contributed by atoms with Crippen molar-refractivity contribution in [1.29, 1.82) is 0 Å². The number of benzene rings is 1. The third-order valence-electron chi connectivity index (χ3n) is 4.46. The lowest BCUT2D eigenvalue weighted by Gasteiger charge is -2.30. The van der Waals surface area contributed by atoms with Gasteiger partial charge in [-0.05, 0) is 43.7 Å². The van der Waals surface area contributed by atoms with Crippen LogP contribution < -0.4 is 11.1 Å². The van der Waals surface area contributed by atoms with E-state index in [2.05, 4.69) is 5.32 Å². The maximum absolute atomic E-state index is 12.4. The minimum Gasteiger partial charge on any atom is -0.459 e. The number of amides is 2. The van der Waals surface area contributed by atoms with Crippen molar-refractivity contribution in [3.05, 3.63) is 47.2 Å². The molecule has 1 atom stereocenters. The molecule has 1 aromatic heterocycles. The Bertz CT molecular complexity index is 790. The summed E-state index contributed by atoms with van der Waals surface area (Å²) >= 11 is 6.00. The Hall–Kier alpha value is -2.31. The van der Waals surface area contributed by atoms with E-state index in [1.165, 1.54) is 0 Å². The fraction of sp³-hybridized carbons (Fsp3) is 0.368. The first kappa shape index (κ1) is 18.5. The number of halogens is 1. The van der Waals surface area contributed by atoms with Gasteiger partial charge in [-0.2, -0.15) is 0 Å². The number of furan rings is 1. The number of carbonyl (C=O) groups is 2. The van der Waals surface area contributed by atoms with Crippen LogP contribution in [0.4, 0.5) is 0 Å². The summed E-state index contributed by atoms with van der Waals surface area (Å²) in [4.78, 5) is 25.4. The van der Waals surface area contributed by atoms with Crippen molar-refractivity contribution < 1.29 is 14.0 Å². The molecule has 3 N–H and O–H groups in total. The molecule has 2 heterocycles. The SMILES string of the molecule is NC(=O)CN1CCCC(C(=O)NCc2ccc(-c3cccc(Cl)c3)o2)C1. The monoisotopic (exact) mass is 375 g/mol. The van der Waals surface area contributed by atoms with Gasteiger partial charge in [-0.1, -0.05) is 23.7 Å². The Labute approximate surface area is 157 Å². The molecule has 138 valence electrons. The third-order valence-corrected chi connectivity index (χ3v) is 4.70. The van der Waals surface area contributed by atoms with Crippen LogP contribution in [0.3, 0.4) is 0 Å². The lowest BCUT2D eigenvalue weighted by Crippen LogP contribution is -2.45. The van der Waals surface area contributed by atoms with Crippen molar-refractivity contribution in [2.24, 2.45) is 11.7 Å². The quantitative estimate of drug-likeness (QED) is 0.811. The van der Waals surface area contributed by atoms with Crippen LogP contribution in [0.15, 0.2) is 40.8 Å². The van der Waals surface area contributed by atoms with Gasteiger partial charge < -0.3 is 15.5 Å². The lowest BCUT2D eigenvalue weighted by molar-refractivity contribution is -0.128. The van der Waals surface area contributed by atoms with Gasteiger partial charge in [-0.15, -0.1) is 0 Å². The number of nitrogens with one attached hydrogen (secondary N) is 1. The smallest absolute Gasteiger partial charge is 0.231 e. The van der Waals surface area contributed by atoms with Gasteiger partial charge in [0, 0.05) is 17.1 Å². The summed E-state index contributed by atoms with van der Waals surface area (Å²) in [6, 6.07) is 11.1. The maximum Gasteiger partial charge on any atom is 0.231 e. The highest BCUT2D eigenvalue weighted by molar-refractivity contribution is 6.30. The van der Waals surface area contributed by atoms with Crippen LogP contribution in [0, 0.1) is 5.92 Å². The number of hydrogen-bond acceptors (Lipinski definition) is 4. The second kappa shape index (κ2) is 8.38. The van der Waals surface area contributed by atoms with E-state index in [1.807, 2.05) is 35.2 Å². The summed E-state index contributed by atoms with van der Waals surface area (Å²) in [6.07, 6.45) is 1.69. The number of nitrogens with zero attached hydrogens (tertiary/aromatic N) is 1. The Morgan fingerprint density at radius 2 is 2.15 bits per heavy atom. The van der Waals surface area contributed by atoms with Gasteiger partial charge >= 0.3 is 0 Å². The Balaban J connectivity index is 1.54. The molecular weight excluding hydrogens is 354 g/mol. The average Bonchev–Trinajstić information content (AvgIpc) is 3.08. The van der Waals surface area contributed by atoms with Crippen molar-refractivity contribution in [2.75, 3.05) is 19.6 Å². The largest absolute Gasteiger partial charge is 0.459 e. The van der Waals surface area contributed by atoms with Crippen LogP contribution in [0.2, 0.25) is 5.02 Å². The number of primary amides is 1. The van der Waals surface area contributed by atoms with Gasteiger partial charge in [0.25, 0.3) is 0 Å². The Morgan fingerprint density at radius 3 is 2.92 bits per heavy atom. The molecule has 1 aromatic carbocycles. The summed E-state index contributed by atoms with van der Waals surface area (Å²) in [5.74, 6) is 0.862. The molecule has 1 saturated heterocycles. The highest BCUT2D eigenvalue weighted by Crippen LogP contribution is 2.25. The van der Waals surface area contributed by atoms with Gasteiger partial charge in [0.2, 0.25) is 11.8 Å². The number of nitrogens with two attached hydrogens (primary N) is 1. The van der Waals surface area contributed by atoms with E-state index in [1.54, 1.807) is 6.07 Å². The second-order valence-electron chi connectivity index (χ2n) is 6.53. The summed E-state index contributed by atoms with van der Waals surface area (Å²) < 4.78 is 5.79. The van der Waals surface area contributed by atoms with E-state index >= 15 is 0 Å². The summed E-state index contributed by atoms with van der Waals surface area (Å²) in [5.41, 5.74) is 6.13. The van der Waals surface area contributed by atoms with E-state index in [0.29, 0.717) is 29.6 Å². The molecule has 0 aliphatic carbocycles. The van der Waals surface area contributed by atoms with Gasteiger partial charge in [-0.3, -0.25) is 14.5 Å². The summed E-state index contributed by atoms with van der Waals surface area (Å²) in [5, 5.41) is 3.56. The van der Waals surface area contributed by atoms with Crippen molar-refractivity contribution >= 4 is 23.4 Å². The van der Waals surface area contributed by atoms with E-state index in [0.717, 1.165) is 24.9 Å². The molecule has 1 aliphatic rings.